The van der Waals surface area contributed by atoms with Crippen LogP contribution in [-0.2, 0) is 13.2 Å². The van der Waals surface area contributed by atoms with E-state index in [1.165, 1.54) is 17.0 Å². The van der Waals surface area contributed by atoms with E-state index in [1.54, 1.807) is 6.92 Å². The van der Waals surface area contributed by atoms with Crippen molar-refractivity contribution in [3.63, 3.8) is 0 Å². The number of aliphatic hydroxyl groups excluding tert-OH is 1. The van der Waals surface area contributed by atoms with E-state index in [0.717, 1.165) is 0 Å². The fourth-order valence-electron chi connectivity index (χ4n) is 2.02. The van der Waals surface area contributed by atoms with Crippen molar-refractivity contribution in [3.8, 4) is 0 Å². The minimum Gasteiger partial charge on any atom is -0.390 e. The normalized spacial score (nSPS) is 11.1. The number of nitrogens with two attached hydrogens (primary N) is 1. The van der Waals surface area contributed by atoms with Gasteiger partial charge in [0.15, 0.2) is 11.5 Å². The van der Waals surface area contributed by atoms with Crippen LogP contribution < -0.4 is 11.4 Å². The standard InChI is InChI=1S/C12H13N7O2/c1-6-16-10(13)9-11(17-6)19(12(21)18-9)4-7-2-15-8(5-20)3-14-7/h2-3,20H,4-5H2,1H3,(H,18,21)(H2,13,16,17). The summed E-state index contributed by atoms with van der Waals surface area (Å²) in [7, 11) is 0. The molecule has 3 rings (SSSR count). The Morgan fingerprint density at radius 1 is 1.29 bits per heavy atom. The first-order valence-electron chi connectivity index (χ1n) is 6.21. The summed E-state index contributed by atoms with van der Waals surface area (Å²) in [5.41, 5.74) is 7.31. The highest BCUT2D eigenvalue weighted by atomic mass is 16.3. The first kappa shape index (κ1) is 13.2. The molecule has 108 valence electrons. The third-order valence-corrected chi connectivity index (χ3v) is 3.00. The first-order chi connectivity index (χ1) is 10.1. The van der Waals surface area contributed by atoms with Crippen molar-refractivity contribution in [1.29, 1.82) is 0 Å². The lowest BCUT2D eigenvalue weighted by atomic mass is 10.4. The Bertz CT molecular complexity index is 850. The Labute approximate surface area is 118 Å². The molecule has 0 aliphatic carbocycles. The molecule has 3 aromatic heterocycles. The molecule has 9 heteroatoms. The van der Waals surface area contributed by atoms with Gasteiger partial charge in [-0.05, 0) is 6.92 Å². The summed E-state index contributed by atoms with van der Waals surface area (Å²) in [6, 6.07) is 0. The van der Waals surface area contributed by atoms with Crippen LogP contribution in [0.2, 0.25) is 0 Å². The zero-order valence-corrected chi connectivity index (χ0v) is 11.2. The van der Waals surface area contributed by atoms with E-state index in [-0.39, 0.29) is 24.7 Å². The molecule has 0 saturated carbocycles. The highest BCUT2D eigenvalue weighted by Gasteiger charge is 2.13. The molecule has 0 saturated heterocycles. The molecular weight excluding hydrogens is 274 g/mol. The molecule has 0 bridgehead atoms. The lowest BCUT2D eigenvalue weighted by molar-refractivity contribution is 0.276. The van der Waals surface area contributed by atoms with Crippen LogP contribution in [0.15, 0.2) is 17.2 Å². The fraction of sp³-hybridized carbons (Fsp3) is 0.250. The second-order valence-electron chi connectivity index (χ2n) is 4.53. The Balaban J connectivity index is 2.07. The quantitative estimate of drug-likeness (QED) is 0.581. The predicted molar refractivity (Wildman–Crippen MR) is 74.4 cm³/mol. The van der Waals surface area contributed by atoms with Gasteiger partial charge in [-0.25, -0.2) is 14.8 Å². The number of H-pyrrole nitrogens is 1. The zero-order chi connectivity index (χ0) is 15.0. The fourth-order valence-corrected chi connectivity index (χ4v) is 2.02. The van der Waals surface area contributed by atoms with Gasteiger partial charge in [0.1, 0.15) is 11.3 Å². The monoisotopic (exact) mass is 287 g/mol. The average molecular weight is 287 g/mol. The molecule has 0 unspecified atom stereocenters. The molecule has 4 N–H and O–H groups in total. The Kier molecular flexibility index (Phi) is 3.10. The SMILES string of the molecule is Cc1nc(N)c2[nH]c(=O)n(Cc3cnc(CO)cn3)c2n1. The molecule has 3 heterocycles. The van der Waals surface area contributed by atoms with E-state index in [1.807, 2.05) is 0 Å². The number of imidazole rings is 1. The highest BCUT2D eigenvalue weighted by Crippen LogP contribution is 2.14. The number of aromatic amines is 1. The number of nitrogens with one attached hydrogen (secondary N) is 1. The van der Waals surface area contributed by atoms with Crippen molar-refractivity contribution in [1.82, 2.24) is 29.5 Å². The Hall–Kier alpha value is -2.81. The average Bonchev–Trinajstić information content (AvgIpc) is 2.77. The molecule has 0 atom stereocenters. The third kappa shape index (κ3) is 2.34. The second kappa shape index (κ2) is 4.94. The van der Waals surface area contributed by atoms with Gasteiger partial charge >= 0.3 is 5.69 Å². The summed E-state index contributed by atoms with van der Waals surface area (Å²) >= 11 is 0. The van der Waals surface area contributed by atoms with Gasteiger partial charge < -0.3 is 15.8 Å². The largest absolute Gasteiger partial charge is 0.390 e. The van der Waals surface area contributed by atoms with Crippen LogP contribution >= 0.6 is 0 Å². The summed E-state index contributed by atoms with van der Waals surface area (Å²) in [4.78, 5) is 31.1. The lowest BCUT2D eigenvalue weighted by Gasteiger charge is -2.04. The van der Waals surface area contributed by atoms with Crippen molar-refractivity contribution < 1.29 is 5.11 Å². The minimum absolute atomic E-state index is 0.177. The number of hydrogen-bond donors (Lipinski definition) is 3. The minimum atomic E-state index is -0.343. The van der Waals surface area contributed by atoms with Gasteiger partial charge in [-0.1, -0.05) is 0 Å². The van der Waals surface area contributed by atoms with E-state index in [0.29, 0.717) is 28.4 Å². The number of aromatic nitrogens is 6. The smallest absolute Gasteiger partial charge is 0.328 e. The van der Waals surface area contributed by atoms with Crippen molar-refractivity contribution in [2.45, 2.75) is 20.1 Å². The summed E-state index contributed by atoms with van der Waals surface area (Å²) < 4.78 is 1.42. The maximum absolute atomic E-state index is 12.0. The number of aliphatic hydroxyl groups is 1. The summed E-state index contributed by atoms with van der Waals surface area (Å²) in [5, 5.41) is 8.94. The summed E-state index contributed by atoms with van der Waals surface area (Å²) in [6.07, 6.45) is 2.97. The van der Waals surface area contributed by atoms with Crippen LogP contribution in [0.3, 0.4) is 0 Å². The number of nitrogens with zero attached hydrogens (tertiary/aromatic N) is 5. The Morgan fingerprint density at radius 3 is 2.67 bits per heavy atom. The van der Waals surface area contributed by atoms with Gasteiger partial charge in [-0.2, -0.15) is 0 Å². The number of nitrogen functional groups attached to an aromatic ring is 1. The number of aryl methyl sites for hydroxylation is 1. The van der Waals surface area contributed by atoms with Gasteiger partial charge in [-0.3, -0.25) is 14.5 Å². The van der Waals surface area contributed by atoms with Gasteiger partial charge in [0, 0.05) is 0 Å². The molecule has 21 heavy (non-hydrogen) atoms. The van der Waals surface area contributed by atoms with Crippen molar-refractivity contribution in [2.75, 3.05) is 5.73 Å². The van der Waals surface area contributed by atoms with Gasteiger partial charge in [0.25, 0.3) is 0 Å². The molecule has 0 radical (unpaired) electrons. The number of anilines is 1. The third-order valence-electron chi connectivity index (χ3n) is 3.00. The van der Waals surface area contributed by atoms with E-state index < -0.39 is 0 Å². The highest BCUT2D eigenvalue weighted by molar-refractivity contribution is 5.81. The van der Waals surface area contributed by atoms with Crippen LogP contribution in [0.4, 0.5) is 5.82 Å². The number of hydrogen-bond acceptors (Lipinski definition) is 7. The molecule has 0 amide bonds. The van der Waals surface area contributed by atoms with Crippen LogP contribution in [0, 0.1) is 6.92 Å². The van der Waals surface area contributed by atoms with Gasteiger partial charge in [0.05, 0.1) is 36.9 Å². The lowest BCUT2D eigenvalue weighted by Crippen LogP contribution is -2.18. The molecule has 9 nitrogen and oxygen atoms in total. The Morgan fingerprint density at radius 2 is 2.00 bits per heavy atom. The zero-order valence-electron chi connectivity index (χ0n) is 11.2. The van der Waals surface area contributed by atoms with Gasteiger partial charge in [-0.15, -0.1) is 0 Å². The van der Waals surface area contributed by atoms with Crippen LogP contribution in [0.25, 0.3) is 11.2 Å². The van der Waals surface area contributed by atoms with Crippen LogP contribution in [0.1, 0.15) is 17.2 Å². The van der Waals surface area contributed by atoms with Crippen molar-refractivity contribution in [3.05, 3.63) is 40.1 Å². The maximum Gasteiger partial charge on any atom is 0.328 e. The molecule has 0 aliphatic rings. The van der Waals surface area contributed by atoms with E-state index in [9.17, 15) is 4.79 Å². The molecule has 0 spiro atoms. The molecular formula is C12H13N7O2. The molecule has 0 aliphatic heterocycles. The van der Waals surface area contributed by atoms with Gasteiger partial charge in [0.2, 0.25) is 0 Å². The van der Waals surface area contributed by atoms with Crippen molar-refractivity contribution in [2.24, 2.45) is 0 Å². The van der Waals surface area contributed by atoms with Crippen LogP contribution in [-0.4, -0.2) is 34.6 Å². The number of fused-ring (bicyclic) bond motifs is 1. The maximum atomic E-state index is 12.0. The van der Waals surface area contributed by atoms with E-state index >= 15 is 0 Å². The van der Waals surface area contributed by atoms with E-state index in [2.05, 4.69) is 24.9 Å². The second-order valence-corrected chi connectivity index (χ2v) is 4.53. The predicted octanol–water partition coefficient (Wildman–Crippen LogP) is -0.659. The van der Waals surface area contributed by atoms with Crippen molar-refractivity contribution >= 4 is 17.0 Å². The first-order valence-corrected chi connectivity index (χ1v) is 6.21. The number of rotatable bonds is 3. The molecule has 0 fully saturated rings. The topological polar surface area (TPSA) is 136 Å². The molecule has 3 aromatic rings. The summed E-state index contributed by atoms with van der Waals surface area (Å²) in [6.45, 7) is 1.73. The van der Waals surface area contributed by atoms with Crippen LogP contribution in [0.5, 0.6) is 0 Å². The molecule has 0 aromatic carbocycles. The van der Waals surface area contributed by atoms with E-state index in [4.69, 9.17) is 10.8 Å². The summed E-state index contributed by atoms with van der Waals surface area (Å²) in [5.74, 6) is 0.713.